The molecule has 1 saturated heterocycles. The minimum atomic E-state index is 0.794. The molecule has 1 heterocycles. The van der Waals surface area contributed by atoms with Crippen LogP contribution in [0.25, 0.3) is 0 Å². The first-order chi connectivity index (χ1) is 10.3. The number of nitrogens with zero attached hydrogens (tertiary/aromatic N) is 1. The van der Waals surface area contributed by atoms with E-state index in [-0.39, 0.29) is 0 Å². The maximum atomic E-state index is 2.74. The quantitative estimate of drug-likeness (QED) is 0.743. The highest BCUT2D eigenvalue weighted by molar-refractivity contribution is 5.29. The lowest BCUT2D eigenvalue weighted by atomic mass is 9.86. The van der Waals surface area contributed by atoms with Crippen molar-refractivity contribution in [3.63, 3.8) is 0 Å². The van der Waals surface area contributed by atoms with Crippen LogP contribution in [0.1, 0.15) is 42.7 Å². The molecule has 2 aliphatic carbocycles. The monoisotopic (exact) mass is 281 g/mol. The van der Waals surface area contributed by atoms with Crippen molar-refractivity contribution in [3.05, 3.63) is 47.5 Å². The second-order valence-electron chi connectivity index (χ2n) is 7.47. The largest absolute Gasteiger partial charge is 0.303 e. The van der Waals surface area contributed by atoms with E-state index in [1.807, 2.05) is 0 Å². The first-order valence-electron chi connectivity index (χ1n) is 8.76. The Labute approximate surface area is 129 Å². The molecular weight excluding hydrogens is 254 g/mol. The molecule has 3 atom stereocenters. The lowest BCUT2D eigenvalue weighted by Crippen LogP contribution is -2.37. The van der Waals surface area contributed by atoms with Gasteiger partial charge in [-0.15, -0.1) is 0 Å². The van der Waals surface area contributed by atoms with Crippen molar-refractivity contribution in [2.75, 3.05) is 19.6 Å². The number of hydrogen-bond acceptors (Lipinski definition) is 1. The molecule has 1 nitrogen and oxygen atoms in total. The van der Waals surface area contributed by atoms with Crippen LogP contribution in [-0.4, -0.2) is 24.5 Å². The Balaban J connectivity index is 1.33. The van der Waals surface area contributed by atoms with E-state index < -0.39 is 0 Å². The highest BCUT2D eigenvalue weighted by atomic mass is 15.1. The van der Waals surface area contributed by atoms with Gasteiger partial charge < -0.3 is 4.90 Å². The molecule has 4 rings (SSSR count). The summed E-state index contributed by atoms with van der Waals surface area (Å²) < 4.78 is 0. The summed E-state index contributed by atoms with van der Waals surface area (Å²) >= 11 is 0. The Bertz CT molecular complexity index is 524. The molecule has 1 unspecified atom stereocenters. The molecule has 3 aliphatic rings. The predicted octanol–water partition coefficient (Wildman–Crippen LogP) is 4.39. The summed E-state index contributed by atoms with van der Waals surface area (Å²) in [6, 6.07) is 8.98. The Morgan fingerprint density at radius 1 is 1.05 bits per heavy atom. The fourth-order valence-corrected chi connectivity index (χ4v) is 4.91. The second-order valence-corrected chi connectivity index (χ2v) is 7.47. The Hall–Kier alpha value is -1.08. The van der Waals surface area contributed by atoms with Crippen LogP contribution in [0, 0.1) is 24.7 Å². The third kappa shape index (κ3) is 2.68. The number of aryl methyl sites for hydroxylation is 1. The van der Waals surface area contributed by atoms with Crippen molar-refractivity contribution in [2.45, 2.75) is 38.5 Å². The number of allylic oxidation sites excluding steroid dienone is 2. The molecule has 1 aliphatic heterocycles. The summed E-state index contributed by atoms with van der Waals surface area (Å²) in [7, 11) is 0. The van der Waals surface area contributed by atoms with Gasteiger partial charge in [-0.2, -0.15) is 0 Å². The van der Waals surface area contributed by atoms with Crippen molar-refractivity contribution in [1.29, 1.82) is 0 Å². The summed E-state index contributed by atoms with van der Waals surface area (Å²) in [5.74, 6) is 3.57. The van der Waals surface area contributed by atoms with Gasteiger partial charge in [0.2, 0.25) is 0 Å². The lowest BCUT2D eigenvalue weighted by molar-refractivity contribution is 0.172. The van der Waals surface area contributed by atoms with Gasteiger partial charge in [0, 0.05) is 6.54 Å². The van der Waals surface area contributed by atoms with Crippen molar-refractivity contribution < 1.29 is 0 Å². The van der Waals surface area contributed by atoms with Crippen molar-refractivity contribution in [1.82, 2.24) is 4.90 Å². The molecule has 1 aromatic carbocycles. The summed E-state index contributed by atoms with van der Waals surface area (Å²) in [4.78, 5) is 2.74. The minimum Gasteiger partial charge on any atom is -0.303 e. The highest BCUT2D eigenvalue weighted by Crippen LogP contribution is 2.44. The maximum Gasteiger partial charge on any atom is 0.00155 e. The summed E-state index contributed by atoms with van der Waals surface area (Å²) in [6.45, 7) is 6.22. The Morgan fingerprint density at radius 3 is 2.52 bits per heavy atom. The van der Waals surface area contributed by atoms with E-state index in [2.05, 4.69) is 48.2 Å². The van der Waals surface area contributed by atoms with Crippen LogP contribution in [0.5, 0.6) is 0 Å². The lowest BCUT2D eigenvalue weighted by Gasteiger charge is -2.35. The number of hydrogen-bond donors (Lipinski definition) is 0. The molecule has 1 aromatic rings. The van der Waals surface area contributed by atoms with Gasteiger partial charge in [0.15, 0.2) is 0 Å². The van der Waals surface area contributed by atoms with Gasteiger partial charge in [-0.3, -0.25) is 0 Å². The molecule has 1 heteroatoms. The third-order valence-corrected chi connectivity index (χ3v) is 6.12. The topological polar surface area (TPSA) is 3.24 Å². The highest BCUT2D eigenvalue weighted by Gasteiger charge is 2.36. The number of piperidine rings is 1. The van der Waals surface area contributed by atoms with E-state index in [1.54, 1.807) is 5.56 Å². The van der Waals surface area contributed by atoms with Gasteiger partial charge in [-0.1, -0.05) is 36.4 Å². The standard InChI is InChI=1S/C20H27N/c1-15-4-2-3-5-20(15)17-8-10-21(11-9-17)14-19-13-16-6-7-18(19)12-16/h2-7,16-19H,8-14H2,1H3/t16-,18-,19?/m0/s1. The van der Waals surface area contributed by atoms with E-state index in [0.29, 0.717) is 0 Å². The van der Waals surface area contributed by atoms with Crippen molar-refractivity contribution in [2.24, 2.45) is 17.8 Å². The van der Waals surface area contributed by atoms with Crippen LogP contribution >= 0.6 is 0 Å². The van der Waals surface area contributed by atoms with Crippen LogP contribution in [0.4, 0.5) is 0 Å². The molecule has 0 amide bonds. The molecule has 2 bridgehead atoms. The van der Waals surface area contributed by atoms with E-state index in [4.69, 9.17) is 0 Å². The second kappa shape index (κ2) is 5.61. The molecular formula is C20H27N. The first kappa shape index (κ1) is 13.6. The summed E-state index contributed by atoms with van der Waals surface area (Å²) in [5, 5.41) is 0. The average molecular weight is 281 g/mol. The van der Waals surface area contributed by atoms with E-state index >= 15 is 0 Å². The van der Waals surface area contributed by atoms with E-state index in [9.17, 15) is 0 Å². The number of benzene rings is 1. The number of rotatable bonds is 3. The van der Waals surface area contributed by atoms with E-state index in [0.717, 1.165) is 23.7 Å². The van der Waals surface area contributed by atoms with E-state index in [1.165, 1.54) is 50.9 Å². The molecule has 21 heavy (non-hydrogen) atoms. The predicted molar refractivity (Wildman–Crippen MR) is 88.4 cm³/mol. The normalized spacial score (nSPS) is 32.9. The van der Waals surface area contributed by atoms with Gasteiger partial charge in [0.05, 0.1) is 0 Å². The van der Waals surface area contributed by atoms with Gasteiger partial charge in [-0.05, 0) is 80.5 Å². The fraction of sp³-hybridized carbons (Fsp3) is 0.600. The smallest absolute Gasteiger partial charge is 0.00155 e. The van der Waals surface area contributed by atoms with Crippen LogP contribution in [0.15, 0.2) is 36.4 Å². The maximum absolute atomic E-state index is 2.74. The van der Waals surface area contributed by atoms with Crippen LogP contribution in [0.2, 0.25) is 0 Å². The van der Waals surface area contributed by atoms with Gasteiger partial charge in [0.25, 0.3) is 0 Å². The van der Waals surface area contributed by atoms with Crippen molar-refractivity contribution >= 4 is 0 Å². The zero-order chi connectivity index (χ0) is 14.2. The number of fused-ring (bicyclic) bond motifs is 2. The fourth-order valence-electron chi connectivity index (χ4n) is 4.91. The Kier molecular flexibility index (Phi) is 3.62. The van der Waals surface area contributed by atoms with Gasteiger partial charge in [0.1, 0.15) is 0 Å². The zero-order valence-electron chi connectivity index (χ0n) is 13.2. The van der Waals surface area contributed by atoms with Crippen molar-refractivity contribution in [3.8, 4) is 0 Å². The summed E-state index contributed by atoms with van der Waals surface area (Å²) in [5.41, 5.74) is 3.08. The molecule has 0 spiro atoms. The molecule has 112 valence electrons. The molecule has 1 saturated carbocycles. The number of likely N-dealkylation sites (tertiary alicyclic amines) is 1. The zero-order valence-corrected chi connectivity index (χ0v) is 13.2. The molecule has 0 radical (unpaired) electrons. The van der Waals surface area contributed by atoms with Crippen LogP contribution in [0.3, 0.4) is 0 Å². The van der Waals surface area contributed by atoms with Crippen LogP contribution in [-0.2, 0) is 0 Å². The third-order valence-electron chi connectivity index (χ3n) is 6.12. The minimum absolute atomic E-state index is 0.794. The molecule has 0 N–H and O–H groups in total. The van der Waals surface area contributed by atoms with Gasteiger partial charge >= 0.3 is 0 Å². The first-order valence-corrected chi connectivity index (χ1v) is 8.76. The molecule has 2 fully saturated rings. The Morgan fingerprint density at radius 2 is 1.86 bits per heavy atom. The molecule has 0 aromatic heterocycles. The average Bonchev–Trinajstić information content (AvgIpc) is 3.11. The summed E-state index contributed by atoms with van der Waals surface area (Å²) in [6.07, 6.45) is 10.6. The van der Waals surface area contributed by atoms with Crippen LogP contribution < -0.4 is 0 Å². The van der Waals surface area contributed by atoms with Gasteiger partial charge in [-0.25, -0.2) is 0 Å². The SMILES string of the molecule is Cc1ccccc1C1CCN(CC2C[C@H]3C=C[C@H]2C3)CC1.